The molecule has 0 aromatic heterocycles. The van der Waals surface area contributed by atoms with Gasteiger partial charge >= 0.3 is 0 Å². The Morgan fingerprint density at radius 1 is 1.45 bits per heavy atom. The van der Waals surface area contributed by atoms with Crippen LogP contribution < -0.4 is 5.32 Å². The molecule has 0 aromatic rings. The smallest absolute Gasteiger partial charge is 0.0613 e. The Hall–Kier alpha value is -0.120. The third-order valence-electron chi connectivity index (χ3n) is 1.54. The van der Waals surface area contributed by atoms with Crippen LogP contribution in [0.15, 0.2) is 0 Å². The molecule has 2 unspecified atom stereocenters. The molecular formula is C8H19NO2. The fourth-order valence-electron chi connectivity index (χ4n) is 0.776. The molecular weight excluding hydrogens is 142 g/mol. The zero-order chi connectivity index (χ0) is 8.69. The van der Waals surface area contributed by atoms with E-state index in [9.17, 15) is 0 Å². The summed E-state index contributed by atoms with van der Waals surface area (Å²) < 4.78 is 4.94. The molecule has 0 aromatic carbocycles. The Labute approximate surface area is 68.8 Å². The van der Waals surface area contributed by atoms with Crippen LogP contribution in [0.2, 0.25) is 0 Å². The van der Waals surface area contributed by atoms with Crippen LogP contribution in [-0.2, 0) is 4.74 Å². The Kier molecular flexibility index (Phi) is 6.51. The average Bonchev–Trinajstić information content (AvgIpc) is 2.01. The van der Waals surface area contributed by atoms with Gasteiger partial charge in [0.05, 0.1) is 6.61 Å². The van der Waals surface area contributed by atoms with Crippen LogP contribution in [0, 0.1) is 5.92 Å². The number of methoxy groups -OCH3 is 1. The van der Waals surface area contributed by atoms with E-state index in [1.54, 1.807) is 7.11 Å². The molecule has 3 nitrogen and oxygen atoms in total. The second kappa shape index (κ2) is 6.58. The molecule has 0 aliphatic rings. The van der Waals surface area contributed by atoms with E-state index in [0.717, 1.165) is 13.2 Å². The first kappa shape index (κ1) is 10.9. The summed E-state index contributed by atoms with van der Waals surface area (Å²) in [5, 5.41) is 12.0. The number of hydrogen-bond acceptors (Lipinski definition) is 3. The van der Waals surface area contributed by atoms with Crippen molar-refractivity contribution >= 4 is 0 Å². The summed E-state index contributed by atoms with van der Waals surface area (Å²) in [6, 6.07) is 0.369. The van der Waals surface area contributed by atoms with Crippen molar-refractivity contribution < 1.29 is 9.84 Å². The van der Waals surface area contributed by atoms with E-state index in [2.05, 4.69) is 12.2 Å². The van der Waals surface area contributed by atoms with Gasteiger partial charge in [0, 0.05) is 26.3 Å². The van der Waals surface area contributed by atoms with E-state index >= 15 is 0 Å². The van der Waals surface area contributed by atoms with Gasteiger partial charge in [-0.1, -0.05) is 6.92 Å². The molecule has 0 amide bonds. The fourth-order valence-corrected chi connectivity index (χ4v) is 0.776. The third-order valence-corrected chi connectivity index (χ3v) is 1.54. The highest BCUT2D eigenvalue weighted by molar-refractivity contribution is 4.61. The molecule has 2 atom stereocenters. The Bertz CT molecular complexity index is 88.2. The Morgan fingerprint density at radius 2 is 2.09 bits per heavy atom. The average molecular weight is 161 g/mol. The summed E-state index contributed by atoms with van der Waals surface area (Å²) in [4.78, 5) is 0. The van der Waals surface area contributed by atoms with Crippen molar-refractivity contribution in [2.24, 2.45) is 5.92 Å². The largest absolute Gasteiger partial charge is 0.396 e. The van der Waals surface area contributed by atoms with E-state index in [1.807, 2.05) is 6.92 Å². The lowest BCUT2D eigenvalue weighted by Crippen LogP contribution is -2.34. The molecule has 0 aliphatic carbocycles. The quantitative estimate of drug-likeness (QED) is 0.586. The molecule has 0 bridgehead atoms. The molecule has 2 N–H and O–H groups in total. The molecule has 0 fully saturated rings. The van der Waals surface area contributed by atoms with Crippen molar-refractivity contribution in [3.8, 4) is 0 Å². The van der Waals surface area contributed by atoms with Crippen molar-refractivity contribution in [3.05, 3.63) is 0 Å². The minimum Gasteiger partial charge on any atom is -0.396 e. The van der Waals surface area contributed by atoms with Gasteiger partial charge in [0.1, 0.15) is 0 Å². The standard InChI is InChI=1S/C8H19NO2/c1-7(5-10)4-9-8(2)6-11-3/h7-10H,4-6H2,1-3H3. The topological polar surface area (TPSA) is 41.5 Å². The first-order valence-electron chi connectivity index (χ1n) is 4.03. The first-order chi connectivity index (χ1) is 5.20. The highest BCUT2D eigenvalue weighted by Crippen LogP contribution is 1.90. The third kappa shape index (κ3) is 6.28. The lowest BCUT2D eigenvalue weighted by Gasteiger charge is -2.15. The van der Waals surface area contributed by atoms with E-state index in [1.165, 1.54) is 0 Å². The molecule has 0 rings (SSSR count). The summed E-state index contributed by atoms with van der Waals surface area (Å²) >= 11 is 0. The first-order valence-corrected chi connectivity index (χ1v) is 4.03. The van der Waals surface area contributed by atoms with E-state index < -0.39 is 0 Å². The second-order valence-corrected chi connectivity index (χ2v) is 3.05. The summed E-state index contributed by atoms with van der Waals surface area (Å²) in [7, 11) is 1.69. The maximum absolute atomic E-state index is 8.71. The van der Waals surface area contributed by atoms with Crippen molar-refractivity contribution in [2.45, 2.75) is 19.9 Å². The summed E-state index contributed by atoms with van der Waals surface area (Å²) in [6.07, 6.45) is 0. The highest BCUT2D eigenvalue weighted by Gasteiger charge is 2.03. The van der Waals surface area contributed by atoms with Crippen molar-refractivity contribution in [3.63, 3.8) is 0 Å². The Balaban J connectivity index is 3.22. The number of ether oxygens (including phenoxy) is 1. The molecule has 0 saturated heterocycles. The van der Waals surface area contributed by atoms with Gasteiger partial charge in [0.25, 0.3) is 0 Å². The molecule has 0 saturated carbocycles. The van der Waals surface area contributed by atoms with Gasteiger partial charge in [-0.3, -0.25) is 0 Å². The molecule has 3 heteroatoms. The number of aliphatic hydroxyl groups excluding tert-OH is 1. The van der Waals surface area contributed by atoms with Crippen LogP contribution in [0.4, 0.5) is 0 Å². The lowest BCUT2D eigenvalue weighted by atomic mass is 10.2. The Morgan fingerprint density at radius 3 is 2.55 bits per heavy atom. The van der Waals surface area contributed by atoms with Crippen molar-refractivity contribution in [2.75, 3.05) is 26.9 Å². The van der Waals surface area contributed by atoms with Gasteiger partial charge in [-0.15, -0.1) is 0 Å². The van der Waals surface area contributed by atoms with Crippen LogP contribution in [0.3, 0.4) is 0 Å². The molecule has 0 aliphatic heterocycles. The molecule has 11 heavy (non-hydrogen) atoms. The van der Waals surface area contributed by atoms with Gasteiger partial charge in [-0.05, 0) is 12.8 Å². The predicted octanol–water partition coefficient (Wildman–Crippen LogP) is 0.239. The van der Waals surface area contributed by atoms with Crippen LogP contribution in [0.25, 0.3) is 0 Å². The summed E-state index contributed by atoms with van der Waals surface area (Å²) in [5.74, 6) is 0.328. The molecule has 68 valence electrons. The van der Waals surface area contributed by atoms with Crippen molar-refractivity contribution in [1.29, 1.82) is 0 Å². The maximum atomic E-state index is 8.71. The number of aliphatic hydroxyl groups is 1. The van der Waals surface area contributed by atoms with Crippen molar-refractivity contribution in [1.82, 2.24) is 5.32 Å². The number of rotatable bonds is 6. The number of hydrogen-bond donors (Lipinski definition) is 2. The van der Waals surface area contributed by atoms with Crippen LogP contribution in [0.1, 0.15) is 13.8 Å². The monoisotopic (exact) mass is 161 g/mol. The molecule has 0 spiro atoms. The minimum atomic E-state index is 0.243. The maximum Gasteiger partial charge on any atom is 0.0613 e. The number of nitrogens with one attached hydrogen (secondary N) is 1. The zero-order valence-corrected chi connectivity index (χ0v) is 7.63. The summed E-state index contributed by atoms with van der Waals surface area (Å²) in [6.45, 7) is 5.88. The van der Waals surface area contributed by atoms with Gasteiger partial charge < -0.3 is 15.2 Å². The van der Waals surface area contributed by atoms with Gasteiger partial charge in [-0.2, -0.15) is 0 Å². The van der Waals surface area contributed by atoms with E-state index in [4.69, 9.17) is 9.84 Å². The SMILES string of the molecule is COCC(C)NCC(C)CO. The van der Waals surface area contributed by atoms with Gasteiger partial charge in [0.15, 0.2) is 0 Å². The molecule has 0 heterocycles. The zero-order valence-electron chi connectivity index (χ0n) is 7.63. The van der Waals surface area contributed by atoms with Gasteiger partial charge in [0.2, 0.25) is 0 Å². The highest BCUT2D eigenvalue weighted by atomic mass is 16.5. The summed E-state index contributed by atoms with van der Waals surface area (Å²) in [5.41, 5.74) is 0. The second-order valence-electron chi connectivity index (χ2n) is 3.05. The lowest BCUT2D eigenvalue weighted by molar-refractivity contribution is 0.165. The molecule has 0 radical (unpaired) electrons. The van der Waals surface area contributed by atoms with E-state index in [0.29, 0.717) is 12.0 Å². The van der Waals surface area contributed by atoms with Crippen LogP contribution in [0.5, 0.6) is 0 Å². The fraction of sp³-hybridized carbons (Fsp3) is 1.00. The van der Waals surface area contributed by atoms with E-state index in [-0.39, 0.29) is 6.61 Å². The van der Waals surface area contributed by atoms with Crippen LogP contribution in [-0.4, -0.2) is 38.0 Å². The van der Waals surface area contributed by atoms with Gasteiger partial charge in [-0.25, -0.2) is 0 Å². The van der Waals surface area contributed by atoms with Crippen LogP contribution >= 0.6 is 0 Å². The minimum absolute atomic E-state index is 0.243. The predicted molar refractivity (Wildman–Crippen MR) is 45.6 cm³/mol. The normalized spacial score (nSPS) is 16.4.